The SMILES string of the molecule is CN1CCN(c2ccccc2C(=O)/C=C/c2ccc(/C=C/C(=O)OC(C)(C)C)nc2)CC1. The molecule has 0 spiro atoms. The lowest BCUT2D eigenvalue weighted by atomic mass is 10.1. The van der Waals surface area contributed by atoms with Gasteiger partial charge in [0.1, 0.15) is 5.60 Å². The monoisotopic (exact) mass is 433 g/mol. The zero-order valence-corrected chi connectivity index (χ0v) is 19.2. The molecule has 0 radical (unpaired) electrons. The molecule has 2 aromatic rings. The van der Waals surface area contributed by atoms with E-state index in [4.69, 9.17) is 4.74 Å². The van der Waals surface area contributed by atoms with Gasteiger partial charge in [-0.3, -0.25) is 9.78 Å². The summed E-state index contributed by atoms with van der Waals surface area (Å²) in [4.78, 5) is 33.6. The van der Waals surface area contributed by atoms with Crippen LogP contribution in [-0.4, -0.2) is 60.5 Å². The van der Waals surface area contributed by atoms with Crippen molar-refractivity contribution in [1.29, 1.82) is 0 Å². The highest BCUT2D eigenvalue weighted by Gasteiger charge is 2.18. The van der Waals surface area contributed by atoms with Gasteiger partial charge in [-0.15, -0.1) is 0 Å². The largest absolute Gasteiger partial charge is 0.457 e. The number of carbonyl (C=O) groups is 2. The van der Waals surface area contributed by atoms with Crippen LogP contribution >= 0.6 is 0 Å². The molecule has 1 fully saturated rings. The second-order valence-electron chi connectivity index (χ2n) is 8.89. The number of ether oxygens (including phenoxy) is 1. The Bertz CT molecular complexity index is 996. The van der Waals surface area contributed by atoms with Crippen LogP contribution in [0.25, 0.3) is 12.2 Å². The minimum atomic E-state index is -0.529. The molecule has 0 unspecified atom stereocenters. The van der Waals surface area contributed by atoms with Gasteiger partial charge in [-0.2, -0.15) is 0 Å². The van der Waals surface area contributed by atoms with E-state index in [1.165, 1.54) is 6.08 Å². The molecular formula is C26H31N3O3. The van der Waals surface area contributed by atoms with Crippen molar-refractivity contribution in [3.63, 3.8) is 0 Å². The Morgan fingerprint density at radius 1 is 0.969 bits per heavy atom. The third-order valence-electron chi connectivity index (χ3n) is 5.05. The number of para-hydroxylation sites is 1. The highest BCUT2D eigenvalue weighted by atomic mass is 16.6. The predicted octanol–water partition coefficient (Wildman–Crippen LogP) is 4.08. The van der Waals surface area contributed by atoms with Gasteiger partial charge in [-0.05, 0) is 69.8 Å². The maximum Gasteiger partial charge on any atom is 0.331 e. The van der Waals surface area contributed by atoms with E-state index in [0.717, 1.165) is 37.4 Å². The molecule has 0 aliphatic carbocycles. The lowest BCUT2D eigenvalue weighted by molar-refractivity contribution is -0.148. The fourth-order valence-electron chi connectivity index (χ4n) is 3.37. The minimum absolute atomic E-state index is 0.0339. The average molecular weight is 434 g/mol. The Morgan fingerprint density at radius 3 is 2.34 bits per heavy atom. The fourth-order valence-corrected chi connectivity index (χ4v) is 3.37. The van der Waals surface area contributed by atoms with E-state index >= 15 is 0 Å². The van der Waals surface area contributed by atoms with Crippen molar-refractivity contribution in [1.82, 2.24) is 9.88 Å². The maximum atomic E-state index is 12.9. The molecule has 1 aliphatic rings. The van der Waals surface area contributed by atoms with Crippen LogP contribution in [0.4, 0.5) is 5.69 Å². The molecule has 6 nitrogen and oxygen atoms in total. The summed E-state index contributed by atoms with van der Waals surface area (Å²) in [5.74, 6) is -0.443. The highest BCUT2D eigenvalue weighted by Crippen LogP contribution is 2.23. The quantitative estimate of drug-likeness (QED) is 0.389. The number of aromatic nitrogens is 1. The summed E-state index contributed by atoms with van der Waals surface area (Å²) >= 11 is 0. The first-order chi connectivity index (χ1) is 15.2. The minimum Gasteiger partial charge on any atom is -0.457 e. The number of esters is 1. The number of likely N-dealkylation sites (N-methyl/N-ethyl adjacent to an activating group) is 1. The van der Waals surface area contributed by atoms with Gasteiger partial charge in [0, 0.05) is 49.7 Å². The van der Waals surface area contributed by atoms with E-state index in [0.29, 0.717) is 11.3 Å². The highest BCUT2D eigenvalue weighted by molar-refractivity contribution is 6.10. The van der Waals surface area contributed by atoms with Gasteiger partial charge in [0.15, 0.2) is 5.78 Å². The number of carbonyl (C=O) groups excluding carboxylic acids is 2. The van der Waals surface area contributed by atoms with Crippen molar-refractivity contribution in [3.05, 3.63) is 71.6 Å². The van der Waals surface area contributed by atoms with E-state index in [2.05, 4.69) is 21.8 Å². The number of allylic oxidation sites excluding steroid dienone is 1. The van der Waals surface area contributed by atoms with E-state index in [1.54, 1.807) is 30.5 Å². The molecule has 1 saturated heterocycles. The molecule has 0 saturated carbocycles. The number of piperazine rings is 1. The van der Waals surface area contributed by atoms with Gasteiger partial charge in [-0.25, -0.2) is 4.79 Å². The van der Waals surface area contributed by atoms with Crippen molar-refractivity contribution < 1.29 is 14.3 Å². The first-order valence-electron chi connectivity index (χ1n) is 10.8. The Kier molecular flexibility index (Phi) is 7.59. The molecule has 0 atom stereocenters. The normalized spacial score (nSPS) is 15.4. The van der Waals surface area contributed by atoms with Gasteiger partial charge in [0.2, 0.25) is 0 Å². The lowest BCUT2D eigenvalue weighted by Crippen LogP contribution is -2.44. The van der Waals surface area contributed by atoms with E-state index in [-0.39, 0.29) is 5.78 Å². The van der Waals surface area contributed by atoms with Gasteiger partial charge in [0.25, 0.3) is 0 Å². The Hall–Kier alpha value is -3.25. The van der Waals surface area contributed by atoms with Crippen LogP contribution in [-0.2, 0) is 9.53 Å². The Morgan fingerprint density at radius 2 is 1.69 bits per heavy atom. The topological polar surface area (TPSA) is 62.7 Å². The molecule has 168 valence electrons. The van der Waals surface area contributed by atoms with Gasteiger partial charge in [-0.1, -0.05) is 18.2 Å². The summed E-state index contributed by atoms with van der Waals surface area (Å²) in [7, 11) is 2.11. The van der Waals surface area contributed by atoms with Crippen LogP contribution in [0.5, 0.6) is 0 Å². The number of hydrogen-bond acceptors (Lipinski definition) is 6. The molecule has 6 heteroatoms. The number of ketones is 1. The smallest absolute Gasteiger partial charge is 0.331 e. The molecule has 3 rings (SSSR count). The van der Waals surface area contributed by atoms with Crippen LogP contribution in [0.3, 0.4) is 0 Å². The molecule has 0 N–H and O–H groups in total. The number of anilines is 1. The molecule has 0 amide bonds. The van der Waals surface area contributed by atoms with E-state index in [9.17, 15) is 9.59 Å². The molecule has 2 heterocycles. The van der Waals surface area contributed by atoms with E-state index in [1.807, 2.05) is 51.1 Å². The summed E-state index contributed by atoms with van der Waals surface area (Å²) in [6.45, 7) is 9.26. The lowest BCUT2D eigenvalue weighted by Gasteiger charge is -2.34. The fraction of sp³-hybridized carbons (Fsp3) is 0.346. The second kappa shape index (κ2) is 10.4. The van der Waals surface area contributed by atoms with Crippen molar-refractivity contribution >= 4 is 29.6 Å². The van der Waals surface area contributed by atoms with Gasteiger partial charge >= 0.3 is 5.97 Å². The molecule has 1 aromatic carbocycles. The standard InChI is InChI=1S/C26H31N3O3/c1-26(2,3)32-25(31)14-12-21-11-9-20(19-27-21)10-13-24(30)22-7-5-6-8-23(22)29-17-15-28(4)16-18-29/h5-14,19H,15-18H2,1-4H3/b13-10+,14-12+. The number of rotatable bonds is 6. The zero-order valence-electron chi connectivity index (χ0n) is 19.2. The van der Waals surface area contributed by atoms with Gasteiger partial charge in [0.05, 0.1) is 5.69 Å². The second-order valence-corrected chi connectivity index (χ2v) is 8.89. The van der Waals surface area contributed by atoms with Crippen molar-refractivity contribution in [2.75, 3.05) is 38.1 Å². The molecule has 0 bridgehead atoms. The van der Waals surface area contributed by atoms with Crippen LogP contribution in [0.1, 0.15) is 42.4 Å². The summed E-state index contributed by atoms with van der Waals surface area (Å²) in [5, 5.41) is 0. The van der Waals surface area contributed by atoms with Crippen molar-refractivity contribution in [2.24, 2.45) is 0 Å². The number of nitrogens with zero attached hydrogens (tertiary/aromatic N) is 3. The average Bonchev–Trinajstić information content (AvgIpc) is 2.76. The molecule has 1 aliphatic heterocycles. The third-order valence-corrected chi connectivity index (χ3v) is 5.05. The summed E-state index contributed by atoms with van der Waals surface area (Å²) in [5.41, 5.74) is 2.61. The van der Waals surface area contributed by atoms with Crippen molar-refractivity contribution in [3.8, 4) is 0 Å². The Balaban J connectivity index is 1.65. The summed E-state index contributed by atoms with van der Waals surface area (Å²) in [6, 6.07) is 11.4. The third kappa shape index (κ3) is 6.89. The maximum absolute atomic E-state index is 12.9. The van der Waals surface area contributed by atoms with Crippen LogP contribution in [0, 0.1) is 0 Å². The molecule has 1 aromatic heterocycles. The number of hydrogen-bond donors (Lipinski definition) is 0. The van der Waals surface area contributed by atoms with Gasteiger partial charge < -0.3 is 14.5 Å². The summed E-state index contributed by atoms with van der Waals surface area (Å²) in [6.07, 6.45) is 7.99. The van der Waals surface area contributed by atoms with Crippen LogP contribution < -0.4 is 4.90 Å². The van der Waals surface area contributed by atoms with Crippen LogP contribution in [0.2, 0.25) is 0 Å². The number of pyridine rings is 1. The molecule has 32 heavy (non-hydrogen) atoms. The zero-order chi connectivity index (χ0) is 23.1. The first-order valence-corrected chi connectivity index (χ1v) is 10.8. The Labute approximate surface area is 190 Å². The summed E-state index contributed by atoms with van der Waals surface area (Å²) < 4.78 is 5.24. The van der Waals surface area contributed by atoms with E-state index < -0.39 is 11.6 Å². The van der Waals surface area contributed by atoms with Crippen molar-refractivity contribution in [2.45, 2.75) is 26.4 Å². The molecular weight excluding hydrogens is 402 g/mol. The predicted molar refractivity (Wildman–Crippen MR) is 129 cm³/mol. The first kappa shape index (κ1) is 23.4. The van der Waals surface area contributed by atoms with Crippen LogP contribution in [0.15, 0.2) is 54.7 Å². The number of benzene rings is 1.